The van der Waals surface area contributed by atoms with Gasteiger partial charge in [0.25, 0.3) is 0 Å². The van der Waals surface area contributed by atoms with E-state index in [-0.39, 0.29) is 17.1 Å². The Kier molecular flexibility index (Phi) is 6.77. The molecule has 0 saturated heterocycles. The van der Waals surface area contributed by atoms with Crippen molar-refractivity contribution in [2.24, 2.45) is 0 Å². The van der Waals surface area contributed by atoms with E-state index < -0.39 is 24.5 Å². The van der Waals surface area contributed by atoms with Crippen LogP contribution in [-0.2, 0) is 17.5 Å². The molecule has 1 aromatic heterocycles. The van der Waals surface area contributed by atoms with Crippen molar-refractivity contribution in [2.45, 2.75) is 32.6 Å². The minimum absolute atomic E-state index is 0.0632. The number of para-hydroxylation sites is 2. The number of imidazole rings is 1. The van der Waals surface area contributed by atoms with Gasteiger partial charge in [0.2, 0.25) is 11.7 Å². The number of aromatic nitrogens is 2. The lowest BCUT2D eigenvalue weighted by atomic mass is 10.1. The summed E-state index contributed by atoms with van der Waals surface area (Å²) in [6.07, 6.45) is -4.65. The molecule has 5 nitrogen and oxygen atoms in total. The summed E-state index contributed by atoms with van der Waals surface area (Å²) < 4.78 is 41.3. The Balaban J connectivity index is 1.80. The third-order valence-electron chi connectivity index (χ3n) is 5.14. The van der Waals surface area contributed by atoms with Gasteiger partial charge in [-0.1, -0.05) is 56.3 Å². The Morgan fingerprint density at radius 1 is 1.07 bits per heavy atom. The molecule has 0 saturated carbocycles. The maximum absolute atomic E-state index is 13.4. The summed E-state index contributed by atoms with van der Waals surface area (Å²) in [5, 5.41) is 2.82. The Labute approximate surface area is 173 Å². The first-order valence-corrected chi connectivity index (χ1v) is 9.93. The Hall–Kier alpha value is -2.87. The number of hydrogen-bond donors (Lipinski definition) is 1. The van der Waals surface area contributed by atoms with Crippen LogP contribution >= 0.6 is 0 Å². The van der Waals surface area contributed by atoms with Gasteiger partial charge in [-0.15, -0.1) is 0 Å². The van der Waals surface area contributed by atoms with Crippen LogP contribution in [-0.4, -0.2) is 40.0 Å². The van der Waals surface area contributed by atoms with E-state index in [2.05, 4.69) is 15.2 Å². The number of carbonyl (C=O) groups is 1. The highest BCUT2D eigenvalue weighted by atomic mass is 19.4. The van der Waals surface area contributed by atoms with Crippen LogP contribution in [0.3, 0.4) is 0 Å². The fourth-order valence-corrected chi connectivity index (χ4v) is 3.66. The minimum Gasteiger partial charge on any atom is -0.353 e. The number of carbonyl (C=O) groups excluding carboxylic acids is 1. The second-order valence-electron chi connectivity index (χ2n) is 6.96. The maximum atomic E-state index is 13.4. The van der Waals surface area contributed by atoms with Gasteiger partial charge >= 0.3 is 6.18 Å². The number of benzene rings is 2. The first kappa shape index (κ1) is 21.8. The van der Waals surface area contributed by atoms with Crippen LogP contribution in [0, 0.1) is 0 Å². The molecular weight excluding hydrogens is 393 g/mol. The number of nitrogens with one attached hydrogen (secondary N) is 1. The number of nitrogens with zero attached hydrogens (tertiary/aromatic N) is 3. The molecule has 1 N–H and O–H groups in total. The van der Waals surface area contributed by atoms with Gasteiger partial charge in [0.15, 0.2) is 0 Å². The number of likely N-dealkylation sites (N-methyl/N-ethyl adjacent to an activating group) is 1. The van der Waals surface area contributed by atoms with Crippen LogP contribution in [0.4, 0.5) is 13.2 Å². The lowest BCUT2D eigenvalue weighted by Gasteiger charge is -2.30. The molecule has 0 fully saturated rings. The SMILES string of the molecule is CCN(CC)C(CNC(=O)Cn1c(C(F)(F)F)nc2ccccc21)c1ccccc1. The van der Waals surface area contributed by atoms with Crippen LogP contribution in [0.2, 0.25) is 0 Å². The Morgan fingerprint density at radius 3 is 2.33 bits per heavy atom. The van der Waals surface area contributed by atoms with Crippen molar-refractivity contribution in [1.82, 2.24) is 19.8 Å². The van der Waals surface area contributed by atoms with Gasteiger partial charge in [-0.25, -0.2) is 4.98 Å². The monoisotopic (exact) mass is 418 g/mol. The molecule has 0 bridgehead atoms. The quantitative estimate of drug-likeness (QED) is 0.595. The van der Waals surface area contributed by atoms with E-state index in [1.807, 2.05) is 44.2 Å². The first-order valence-electron chi connectivity index (χ1n) is 9.93. The third kappa shape index (κ3) is 4.81. The Morgan fingerprint density at radius 2 is 1.70 bits per heavy atom. The lowest BCUT2D eigenvalue weighted by molar-refractivity contribution is -0.147. The number of alkyl halides is 3. The number of hydrogen-bond acceptors (Lipinski definition) is 3. The number of amides is 1. The smallest absolute Gasteiger partial charge is 0.353 e. The predicted octanol–water partition coefficient (Wildman–Crippen LogP) is 4.25. The minimum atomic E-state index is -4.65. The molecule has 1 unspecified atom stereocenters. The number of halogens is 3. The highest BCUT2D eigenvalue weighted by Gasteiger charge is 2.38. The van der Waals surface area contributed by atoms with Crippen LogP contribution in [0.25, 0.3) is 11.0 Å². The summed E-state index contributed by atoms with van der Waals surface area (Å²) in [6.45, 7) is 5.50. The van der Waals surface area contributed by atoms with Crippen molar-refractivity contribution in [3.63, 3.8) is 0 Å². The van der Waals surface area contributed by atoms with E-state index in [0.717, 1.165) is 23.2 Å². The molecule has 1 amide bonds. The van der Waals surface area contributed by atoms with Crippen LogP contribution in [0.15, 0.2) is 54.6 Å². The summed E-state index contributed by atoms with van der Waals surface area (Å²) in [6, 6.07) is 16.0. The third-order valence-corrected chi connectivity index (χ3v) is 5.14. The standard InChI is InChI=1S/C22H25F3N4O/c1-3-28(4-2)19(16-10-6-5-7-11-16)14-26-20(30)15-29-18-13-9-8-12-17(18)27-21(29)22(23,24)25/h5-13,19H,3-4,14-15H2,1-2H3,(H,26,30). The first-order chi connectivity index (χ1) is 14.3. The topological polar surface area (TPSA) is 50.2 Å². The van der Waals surface area contributed by atoms with Gasteiger partial charge < -0.3 is 9.88 Å². The average molecular weight is 418 g/mol. The maximum Gasteiger partial charge on any atom is 0.449 e. The fourth-order valence-electron chi connectivity index (χ4n) is 3.66. The number of rotatable bonds is 8. The molecule has 0 spiro atoms. The van der Waals surface area contributed by atoms with Crippen molar-refractivity contribution in [3.8, 4) is 0 Å². The molecule has 0 aliphatic heterocycles. The largest absolute Gasteiger partial charge is 0.449 e. The molecule has 0 aliphatic rings. The molecule has 0 aliphatic carbocycles. The lowest BCUT2D eigenvalue weighted by Crippen LogP contribution is -2.39. The van der Waals surface area contributed by atoms with Gasteiger partial charge in [0.05, 0.1) is 17.1 Å². The molecular formula is C22H25F3N4O. The van der Waals surface area contributed by atoms with Crippen molar-refractivity contribution in [3.05, 3.63) is 66.0 Å². The second-order valence-corrected chi connectivity index (χ2v) is 6.96. The van der Waals surface area contributed by atoms with Gasteiger partial charge in [-0.2, -0.15) is 13.2 Å². The summed E-state index contributed by atoms with van der Waals surface area (Å²) in [4.78, 5) is 18.5. The molecule has 1 atom stereocenters. The summed E-state index contributed by atoms with van der Waals surface area (Å²) in [5.41, 5.74) is 1.54. The molecule has 3 aromatic rings. The van der Waals surface area contributed by atoms with Crippen molar-refractivity contribution in [2.75, 3.05) is 19.6 Å². The van der Waals surface area contributed by atoms with E-state index >= 15 is 0 Å². The van der Waals surface area contributed by atoms with Gasteiger partial charge in [-0.3, -0.25) is 9.69 Å². The summed E-state index contributed by atoms with van der Waals surface area (Å²) in [5.74, 6) is -1.56. The Bertz CT molecular complexity index is 981. The van der Waals surface area contributed by atoms with E-state index in [9.17, 15) is 18.0 Å². The molecule has 0 radical (unpaired) electrons. The van der Waals surface area contributed by atoms with Crippen molar-refractivity contribution >= 4 is 16.9 Å². The summed E-state index contributed by atoms with van der Waals surface area (Å²) >= 11 is 0. The van der Waals surface area contributed by atoms with E-state index in [4.69, 9.17) is 0 Å². The molecule has 1 heterocycles. The molecule has 8 heteroatoms. The summed E-state index contributed by atoms with van der Waals surface area (Å²) in [7, 11) is 0. The molecule has 160 valence electrons. The van der Waals surface area contributed by atoms with Crippen molar-refractivity contribution < 1.29 is 18.0 Å². The van der Waals surface area contributed by atoms with Crippen LogP contribution in [0.5, 0.6) is 0 Å². The van der Waals surface area contributed by atoms with Gasteiger partial charge in [0, 0.05) is 6.54 Å². The highest BCUT2D eigenvalue weighted by Crippen LogP contribution is 2.31. The average Bonchev–Trinajstić information content (AvgIpc) is 3.11. The van der Waals surface area contributed by atoms with E-state index in [1.165, 1.54) is 12.1 Å². The van der Waals surface area contributed by atoms with Crippen molar-refractivity contribution in [1.29, 1.82) is 0 Å². The van der Waals surface area contributed by atoms with Gasteiger partial charge in [0.1, 0.15) is 6.54 Å². The molecule has 3 rings (SSSR count). The normalized spacial score (nSPS) is 13.0. The molecule has 2 aromatic carbocycles. The zero-order valence-corrected chi connectivity index (χ0v) is 17.0. The van der Waals surface area contributed by atoms with E-state index in [1.54, 1.807) is 12.1 Å². The zero-order chi connectivity index (χ0) is 21.7. The molecule has 30 heavy (non-hydrogen) atoms. The fraction of sp³-hybridized carbons (Fsp3) is 0.364. The highest BCUT2D eigenvalue weighted by molar-refractivity contribution is 5.81. The van der Waals surface area contributed by atoms with E-state index in [0.29, 0.717) is 6.54 Å². The van der Waals surface area contributed by atoms with Gasteiger partial charge in [-0.05, 0) is 30.8 Å². The predicted molar refractivity (Wildman–Crippen MR) is 110 cm³/mol. The number of fused-ring (bicyclic) bond motifs is 1. The van der Waals surface area contributed by atoms with Crippen LogP contribution in [0.1, 0.15) is 31.3 Å². The zero-order valence-electron chi connectivity index (χ0n) is 17.0. The second kappa shape index (κ2) is 9.30. The van der Waals surface area contributed by atoms with Crippen LogP contribution < -0.4 is 5.32 Å².